The Balaban J connectivity index is 1.95. The third-order valence-corrected chi connectivity index (χ3v) is 3.82. The predicted molar refractivity (Wildman–Crippen MR) is 94.7 cm³/mol. The van der Waals surface area contributed by atoms with Gasteiger partial charge in [-0.25, -0.2) is 4.79 Å². The van der Waals surface area contributed by atoms with Crippen molar-refractivity contribution < 1.29 is 23.9 Å². The van der Waals surface area contributed by atoms with E-state index in [1.54, 1.807) is 49.6 Å². The van der Waals surface area contributed by atoms with Crippen molar-refractivity contribution in [3.05, 3.63) is 75.4 Å². The van der Waals surface area contributed by atoms with E-state index < -0.39 is 10.9 Å². The van der Waals surface area contributed by atoms with E-state index in [-0.39, 0.29) is 5.69 Å². The number of carbonyl (C=O) groups is 1. The molecule has 0 aliphatic carbocycles. The highest BCUT2D eigenvalue weighted by Gasteiger charge is 2.24. The summed E-state index contributed by atoms with van der Waals surface area (Å²) in [5.41, 5.74) is 1.56. The van der Waals surface area contributed by atoms with Crippen molar-refractivity contribution in [1.82, 2.24) is 0 Å². The van der Waals surface area contributed by atoms with Gasteiger partial charge >= 0.3 is 5.97 Å². The molecule has 1 heterocycles. The fourth-order valence-electron chi connectivity index (χ4n) is 2.50. The largest absolute Gasteiger partial charge is 0.497 e. The SMILES string of the molecule is COc1ccc(OC)c(C2=C/C(=C/c3ccc([N+](=O)[O-])cc3)C(=O)O2)c1. The molecule has 132 valence electrons. The van der Waals surface area contributed by atoms with E-state index in [1.165, 1.54) is 19.2 Å². The Bertz CT molecular complexity index is 928. The third-order valence-electron chi connectivity index (χ3n) is 3.82. The van der Waals surface area contributed by atoms with Crippen LogP contribution in [0.3, 0.4) is 0 Å². The number of nitro groups is 1. The molecule has 0 radical (unpaired) electrons. The molecule has 0 saturated carbocycles. The number of benzene rings is 2. The molecule has 26 heavy (non-hydrogen) atoms. The maximum atomic E-state index is 12.2. The minimum absolute atomic E-state index is 0.0153. The van der Waals surface area contributed by atoms with Crippen LogP contribution >= 0.6 is 0 Å². The Morgan fingerprint density at radius 3 is 2.42 bits per heavy atom. The molecule has 7 heteroatoms. The van der Waals surface area contributed by atoms with Crippen molar-refractivity contribution in [2.45, 2.75) is 0 Å². The Hall–Kier alpha value is -3.61. The van der Waals surface area contributed by atoms with Crippen molar-refractivity contribution in [2.24, 2.45) is 0 Å². The molecule has 0 unspecified atom stereocenters. The summed E-state index contributed by atoms with van der Waals surface area (Å²) in [6.45, 7) is 0. The van der Waals surface area contributed by atoms with Gasteiger partial charge in [-0.05, 0) is 48.0 Å². The first kappa shape index (κ1) is 17.2. The van der Waals surface area contributed by atoms with Crippen LogP contribution in [0.15, 0.2) is 54.1 Å². The molecule has 0 saturated heterocycles. The Kier molecular flexibility index (Phi) is 4.70. The van der Waals surface area contributed by atoms with Crippen LogP contribution in [0.5, 0.6) is 11.5 Å². The predicted octanol–water partition coefficient (Wildman–Crippen LogP) is 3.59. The van der Waals surface area contributed by atoms with E-state index in [2.05, 4.69) is 0 Å². The summed E-state index contributed by atoms with van der Waals surface area (Å²) in [6.07, 6.45) is 3.20. The van der Waals surface area contributed by atoms with Gasteiger partial charge < -0.3 is 14.2 Å². The molecule has 0 fully saturated rings. The van der Waals surface area contributed by atoms with Gasteiger partial charge in [-0.3, -0.25) is 10.1 Å². The van der Waals surface area contributed by atoms with E-state index in [4.69, 9.17) is 14.2 Å². The van der Waals surface area contributed by atoms with Crippen LogP contribution in [-0.2, 0) is 9.53 Å². The monoisotopic (exact) mass is 353 g/mol. The second kappa shape index (κ2) is 7.10. The Morgan fingerprint density at radius 1 is 1.08 bits per heavy atom. The third kappa shape index (κ3) is 3.41. The van der Waals surface area contributed by atoms with Crippen molar-refractivity contribution in [1.29, 1.82) is 0 Å². The highest BCUT2D eigenvalue weighted by molar-refractivity contribution is 6.05. The van der Waals surface area contributed by atoms with Gasteiger partial charge in [-0.2, -0.15) is 0 Å². The lowest BCUT2D eigenvalue weighted by molar-refractivity contribution is -0.384. The van der Waals surface area contributed by atoms with Crippen LogP contribution in [0.25, 0.3) is 11.8 Å². The molecule has 0 aromatic heterocycles. The van der Waals surface area contributed by atoms with Crippen molar-refractivity contribution in [3.63, 3.8) is 0 Å². The normalized spacial score (nSPS) is 14.8. The van der Waals surface area contributed by atoms with Crippen molar-refractivity contribution in [3.8, 4) is 11.5 Å². The standard InChI is InChI=1S/C19H15NO6/c1-24-15-7-8-17(25-2)16(11-15)18-10-13(19(21)26-18)9-12-3-5-14(6-4-12)20(22)23/h3-11H,1-2H3/b13-9-. The number of ether oxygens (including phenoxy) is 3. The lowest BCUT2D eigenvalue weighted by atomic mass is 10.1. The number of hydrogen-bond acceptors (Lipinski definition) is 6. The van der Waals surface area contributed by atoms with Crippen LogP contribution in [0.2, 0.25) is 0 Å². The zero-order valence-electron chi connectivity index (χ0n) is 14.1. The highest BCUT2D eigenvalue weighted by Crippen LogP contribution is 2.35. The molecule has 0 amide bonds. The topological polar surface area (TPSA) is 87.9 Å². The minimum atomic E-state index is -0.511. The Labute approximate surface area is 149 Å². The summed E-state index contributed by atoms with van der Waals surface area (Å²) >= 11 is 0. The van der Waals surface area contributed by atoms with Gasteiger partial charge in [0.1, 0.15) is 17.3 Å². The second-order valence-corrected chi connectivity index (χ2v) is 5.41. The summed E-state index contributed by atoms with van der Waals surface area (Å²) in [6, 6.07) is 11.1. The van der Waals surface area contributed by atoms with Gasteiger partial charge in [-0.15, -0.1) is 0 Å². The number of non-ortho nitro benzene ring substituents is 1. The maximum Gasteiger partial charge on any atom is 0.343 e. The van der Waals surface area contributed by atoms with E-state index in [0.29, 0.717) is 34.0 Å². The molecule has 0 atom stereocenters. The molecule has 2 aromatic carbocycles. The number of cyclic esters (lactones) is 1. The molecule has 7 nitrogen and oxygen atoms in total. The Morgan fingerprint density at radius 2 is 1.81 bits per heavy atom. The maximum absolute atomic E-state index is 12.2. The molecule has 3 rings (SSSR count). The zero-order chi connectivity index (χ0) is 18.7. The van der Waals surface area contributed by atoms with Crippen LogP contribution in [0.1, 0.15) is 11.1 Å². The summed E-state index contributed by atoms with van der Waals surface area (Å²) in [7, 11) is 3.07. The second-order valence-electron chi connectivity index (χ2n) is 5.41. The van der Waals surface area contributed by atoms with Gasteiger partial charge in [0, 0.05) is 12.1 Å². The number of esters is 1. The fraction of sp³-hybridized carbons (Fsp3) is 0.105. The molecular formula is C19H15NO6. The average Bonchev–Trinajstić information content (AvgIpc) is 3.02. The van der Waals surface area contributed by atoms with E-state index in [1.807, 2.05) is 0 Å². The summed E-state index contributed by atoms with van der Waals surface area (Å²) in [5, 5.41) is 10.7. The first-order chi connectivity index (χ1) is 12.5. The quantitative estimate of drug-likeness (QED) is 0.353. The number of hydrogen-bond donors (Lipinski definition) is 0. The van der Waals surface area contributed by atoms with Gasteiger partial charge in [0.05, 0.1) is 30.3 Å². The first-order valence-corrected chi connectivity index (χ1v) is 7.64. The highest BCUT2D eigenvalue weighted by atomic mass is 16.6. The zero-order valence-corrected chi connectivity index (χ0v) is 14.1. The molecular weight excluding hydrogens is 338 g/mol. The molecule has 1 aliphatic heterocycles. The lowest BCUT2D eigenvalue weighted by Crippen LogP contribution is -1.99. The van der Waals surface area contributed by atoms with Crippen molar-refractivity contribution >= 4 is 23.5 Å². The number of methoxy groups -OCH3 is 2. The molecule has 0 N–H and O–H groups in total. The van der Waals surface area contributed by atoms with Crippen LogP contribution in [-0.4, -0.2) is 25.1 Å². The average molecular weight is 353 g/mol. The number of rotatable bonds is 5. The molecule has 0 spiro atoms. The molecule has 0 bridgehead atoms. The van der Waals surface area contributed by atoms with Gasteiger partial charge in [0.25, 0.3) is 5.69 Å². The van der Waals surface area contributed by atoms with E-state index in [0.717, 1.165) is 0 Å². The smallest absolute Gasteiger partial charge is 0.343 e. The number of carbonyl (C=O) groups excluding carboxylic acids is 1. The lowest BCUT2D eigenvalue weighted by Gasteiger charge is -2.10. The van der Waals surface area contributed by atoms with Crippen molar-refractivity contribution in [2.75, 3.05) is 14.2 Å². The minimum Gasteiger partial charge on any atom is -0.497 e. The first-order valence-electron chi connectivity index (χ1n) is 7.64. The number of nitrogens with zero attached hydrogens (tertiary/aromatic N) is 1. The summed E-state index contributed by atoms with van der Waals surface area (Å²) in [5.74, 6) is 0.981. The van der Waals surface area contributed by atoms with Crippen LogP contribution in [0.4, 0.5) is 5.69 Å². The van der Waals surface area contributed by atoms with E-state index in [9.17, 15) is 14.9 Å². The van der Waals surface area contributed by atoms with Crippen LogP contribution in [0, 0.1) is 10.1 Å². The summed E-state index contributed by atoms with van der Waals surface area (Å²) in [4.78, 5) is 22.4. The fourth-order valence-corrected chi connectivity index (χ4v) is 2.50. The van der Waals surface area contributed by atoms with Crippen LogP contribution < -0.4 is 9.47 Å². The molecule has 2 aromatic rings. The van der Waals surface area contributed by atoms with Gasteiger partial charge in [0.2, 0.25) is 0 Å². The summed E-state index contributed by atoms with van der Waals surface area (Å²) < 4.78 is 15.9. The number of nitro benzene ring substituents is 1. The van der Waals surface area contributed by atoms with Gasteiger partial charge in [0.15, 0.2) is 0 Å². The van der Waals surface area contributed by atoms with Gasteiger partial charge in [-0.1, -0.05) is 0 Å². The molecule has 1 aliphatic rings. The van der Waals surface area contributed by atoms with E-state index >= 15 is 0 Å².